The first-order valence-electron chi connectivity index (χ1n) is 1.47. The second kappa shape index (κ2) is 4.07. The number of rotatable bonds is 0. The van der Waals surface area contributed by atoms with Gasteiger partial charge in [-0.3, -0.25) is 4.55 Å². The van der Waals surface area contributed by atoms with Crippen molar-refractivity contribution < 1.29 is 47.2 Å². The molecule has 9 heteroatoms. The van der Waals surface area contributed by atoms with Crippen molar-refractivity contribution in [3.05, 3.63) is 0 Å². The molecule has 0 aliphatic heterocycles. The molecular weight excluding hydrogens is 216 g/mol. The maximum absolute atomic E-state index is 10.7. The average Bonchev–Trinajstić information content (AvgIpc) is 1.66. The molecule has 0 bridgehead atoms. The summed E-state index contributed by atoms with van der Waals surface area (Å²) in [4.78, 5) is 0. The molecule has 0 saturated heterocycles. The first-order chi connectivity index (χ1) is 4.25. The van der Waals surface area contributed by atoms with Crippen LogP contribution in [0.4, 0.5) is 13.2 Å². The van der Waals surface area contributed by atoms with E-state index in [9.17, 15) is 13.2 Å². The molecule has 0 aromatic heterocycles. The zero-order chi connectivity index (χ0) is 9.00. The Kier molecular flexibility index (Phi) is 5.18. The normalized spacial score (nSPS) is 11.5. The fourth-order valence-corrected chi connectivity index (χ4v) is 0. The third-order valence-corrected chi connectivity index (χ3v) is 0.877. The summed E-state index contributed by atoms with van der Waals surface area (Å²) >= 11 is 1.06. The monoisotopic (exact) mass is 217 g/mol. The van der Waals surface area contributed by atoms with Crippen LogP contribution in [0.5, 0.6) is 0 Å². The second-order valence-electron chi connectivity index (χ2n) is 0.921. The van der Waals surface area contributed by atoms with E-state index in [-0.39, 0.29) is 0 Å². The van der Waals surface area contributed by atoms with Crippen LogP contribution in [-0.2, 0) is 31.2 Å². The molecule has 0 fully saturated rings. The summed E-state index contributed by atoms with van der Waals surface area (Å²) in [5, 5.41) is 0. The van der Waals surface area contributed by atoms with Crippen molar-refractivity contribution >= 4 is 10.1 Å². The van der Waals surface area contributed by atoms with E-state index in [0.717, 1.165) is 17.4 Å². The van der Waals surface area contributed by atoms with Gasteiger partial charge in [0.05, 0.1) is 0 Å². The molecule has 0 aliphatic carbocycles. The van der Waals surface area contributed by atoms with Crippen molar-refractivity contribution in [2.45, 2.75) is 5.51 Å². The van der Waals surface area contributed by atoms with E-state index in [4.69, 9.17) is 16.6 Å². The molecule has 0 saturated carbocycles. The van der Waals surface area contributed by atoms with Crippen LogP contribution >= 0.6 is 0 Å². The SMILES string of the molecule is O=S(=O)(O)C(F)(F)F.[O]=[V]. The third kappa shape index (κ3) is 4.92. The molecule has 0 rings (SSSR count). The minimum absolute atomic E-state index is 1.06. The van der Waals surface area contributed by atoms with E-state index in [1.165, 1.54) is 0 Å². The maximum atomic E-state index is 10.7. The fraction of sp³-hybridized carbons (Fsp3) is 1.00. The van der Waals surface area contributed by atoms with Crippen molar-refractivity contribution in [3.63, 3.8) is 0 Å². The molecule has 0 amide bonds. The molecule has 0 atom stereocenters. The summed E-state index contributed by atoms with van der Waals surface area (Å²) in [5.41, 5.74) is -5.53. The topological polar surface area (TPSA) is 71.4 Å². The number of alkyl halides is 3. The molecule has 0 aromatic rings. The van der Waals surface area contributed by atoms with Gasteiger partial charge >= 0.3 is 36.7 Å². The Balaban J connectivity index is 0. The van der Waals surface area contributed by atoms with Gasteiger partial charge in [-0.1, -0.05) is 0 Å². The molecule has 61 valence electrons. The molecule has 0 radical (unpaired) electrons. The van der Waals surface area contributed by atoms with Gasteiger partial charge in [0, 0.05) is 0 Å². The predicted molar refractivity (Wildman–Crippen MR) is 18.3 cm³/mol. The first kappa shape index (κ1) is 12.7. The summed E-state index contributed by atoms with van der Waals surface area (Å²) < 4.78 is 65.7. The fourth-order valence-electron chi connectivity index (χ4n) is 0. The third-order valence-electron chi connectivity index (χ3n) is 0.292. The van der Waals surface area contributed by atoms with Crippen LogP contribution in [0.2, 0.25) is 0 Å². The van der Waals surface area contributed by atoms with Gasteiger partial charge in [-0.2, -0.15) is 21.6 Å². The van der Waals surface area contributed by atoms with Crippen molar-refractivity contribution in [2.24, 2.45) is 0 Å². The van der Waals surface area contributed by atoms with Gasteiger partial charge < -0.3 is 0 Å². The molecule has 0 spiro atoms. The number of halogens is 3. The minimum atomic E-state index is -5.84. The Hall–Kier alpha value is 0.0844. The van der Waals surface area contributed by atoms with Crippen LogP contribution < -0.4 is 0 Å². The van der Waals surface area contributed by atoms with Crippen LogP contribution in [0, 0.1) is 0 Å². The number of hydrogen-bond donors (Lipinski definition) is 1. The Morgan fingerprint density at radius 2 is 1.30 bits per heavy atom. The van der Waals surface area contributed by atoms with Crippen LogP contribution in [0.3, 0.4) is 0 Å². The molecular formula is CHF3O4SV. The van der Waals surface area contributed by atoms with Gasteiger partial charge in [0.25, 0.3) is 0 Å². The summed E-state index contributed by atoms with van der Waals surface area (Å²) in [6, 6.07) is 0. The summed E-state index contributed by atoms with van der Waals surface area (Å²) in [7, 11) is -5.84. The standard InChI is InChI=1S/CHF3O3S.O.V/c2-1(3,4)8(5,6)7;;/h(H,5,6,7);;. The van der Waals surface area contributed by atoms with E-state index in [1.54, 1.807) is 0 Å². The quantitative estimate of drug-likeness (QED) is 0.467. The van der Waals surface area contributed by atoms with Gasteiger partial charge in [0.1, 0.15) is 0 Å². The molecule has 0 aliphatic rings. The van der Waals surface area contributed by atoms with Gasteiger partial charge in [-0.25, -0.2) is 0 Å². The van der Waals surface area contributed by atoms with E-state index < -0.39 is 15.6 Å². The van der Waals surface area contributed by atoms with Crippen molar-refractivity contribution in [1.29, 1.82) is 0 Å². The molecule has 0 unspecified atom stereocenters. The van der Waals surface area contributed by atoms with Crippen LogP contribution in [0.25, 0.3) is 0 Å². The van der Waals surface area contributed by atoms with Gasteiger partial charge in [0.15, 0.2) is 0 Å². The zero-order valence-corrected chi connectivity index (χ0v) is 6.37. The molecule has 4 nitrogen and oxygen atoms in total. The van der Waals surface area contributed by atoms with Gasteiger partial charge in [-0.15, -0.1) is 0 Å². The molecule has 0 aromatic carbocycles. The van der Waals surface area contributed by atoms with Crippen LogP contribution in [-0.4, -0.2) is 18.5 Å². The summed E-state index contributed by atoms with van der Waals surface area (Å²) in [6.07, 6.45) is 0. The summed E-state index contributed by atoms with van der Waals surface area (Å²) in [5.74, 6) is 0. The molecule has 1 N–H and O–H groups in total. The Morgan fingerprint density at radius 3 is 1.30 bits per heavy atom. The van der Waals surface area contributed by atoms with E-state index in [1.807, 2.05) is 0 Å². The average molecular weight is 217 g/mol. The van der Waals surface area contributed by atoms with Crippen molar-refractivity contribution in [1.82, 2.24) is 0 Å². The number of hydrogen-bond acceptors (Lipinski definition) is 3. The summed E-state index contributed by atoms with van der Waals surface area (Å²) in [6.45, 7) is 0. The zero-order valence-electron chi connectivity index (χ0n) is 4.16. The van der Waals surface area contributed by atoms with Crippen LogP contribution in [0.1, 0.15) is 0 Å². The van der Waals surface area contributed by atoms with Gasteiger partial charge in [0.2, 0.25) is 0 Å². The van der Waals surface area contributed by atoms with E-state index in [2.05, 4.69) is 0 Å². The van der Waals surface area contributed by atoms with Gasteiger partial charge in [-0.05, 0) is 0 Å². The first-order valence-corrected chi connectivity index (χ1v) is 3.48. The Bertz CT molecular complexity index is 181. The van der Waals surface area contributed by atoms with Crippen LogP contribution in [0.15, 0.2) is 0 Å². The Morgan fingerprint density at radius 1 is 1.20 bits per heavy atom. The Labute approximate surface area is 63.4 Å². The van der Waals surface area contributed by atoms with Crippen molar-refractivity contribution in [3.8, 4) is 0 Å². The molecule has 10 heavy (non-hydrogen) atoms. The van der Waals surface area contributed by atoms with Crippen molar-refractivity contribution in [2.75, 3.05) is 0 Å². The second-order valence-corrected chi connectivity index (χ2v) is 2.33. The predicted octanol–water partition coefficient (Wildman–Crippen LogP) is 0.273. The molecule has 0 heterocycles. The van der Waals surface area contributed by atoms with E-state index >= 15 is 0 Å². The van der Waals surface area contributed by atoms with E-state index in [0.29, 0.717) is 0 Å².